The van der Waals surface area contributed by atoms with E-state index >= 15 is 0 Å². The lowest BCUT2D eigenvalue weighted by atomic mass is 10.2. The third-order valence-corrected chi connectivity index (χ3v) is 2.90. The van der Waals surface area contributed by atoms with Crippen molar-refractivity contribution < 1.29 is 9.53 Å². The van der Waals surface area contributed by atoms with E-state index in [2.05, 4.69) is 15.9 Å². The molecule has 0 aliphatic rings. The number of carbonyl (C=O) groups is 1. The van der Waals surface area contributed by atoms with Gasteiger partial charge in [0.15, 0.2) is 0 Å². The number of hydrogen-bond acceptors (Lipinski definition) is 2. The van der Waals surface area contributed by atoms with E-state index in [4.69, 9.17) is 4.74 Å². The second kappa shape index (κ2) is 4.53. The summed E-state index contributed by atoms with van der Waals surface area (Å²) in [5, 5.41) is 0. The molecule has 0 amide bonds. The molecule has 0 radical (unpaired) electrons. The Hall–Kier alpha value is -1.55. The van der Waals surface area contributed by atoms with E-state index in [1.165, 1.54) is 4.57 Å². The Morgan fingerprint density at radius 3 is 2.62 bits per heavy atom. The van der Waals surface area contributed by atoms with Gasteiger partial charge in [-0.1, -0.05) is 12.1 Å². The van der Waals surface area contributed by atoms with Gasteiger partial charge in [-0.25, -0.2) is 0 Å². The van der Waals surface area contributed by atoms with Gasteiger partial charge in [-0.05, 0) is 40.2 Å². The van der Waals surface area contributed by atoms with Crippen LogP contribution in [0.1, 0.15) is 10.4 Å². The van der Waals surface area contributed by atoms with Crippen LogP contribution in [0, 0.1) is 0 Å². The fourth-order valence-corrected chi connectivity index (χ4v) is 1.91. The second-order valence-electron chi connectivity index (χ2n) is 3.21. The average Bonchev–Trinajstić information content (AvgIpc) is 2.74. The van der Waals surface area contributed by atoms with Crippen molar-refractivity contribution in [1.82, 2.24) is 4.57 Å². The van der Waals surface area contributed by atoms with Crippen molar-refractivity contribution in [2.75, 3.05) is 7.11 Å². The van der Waals surface area contributed by atoms with E-state index < -0.39 is 0 Å². The van der Waals surface area contributed by atoms with Crippen LogP contribution in [0.15, 0.2) is 47.2 Å². The van der Waals surface area contributed by atoms with Crippen LogP contribution >= 0.6 is 15.9 Å². The van der Waals surface area contributed by atoms with E-state index in [1.54, 1.807) is 31.5 Å². The van der Waals surface area contributed by atoms with Crippen LogP contribution in [0.3, 0.4) is 0 Å². The first-order chi connectivity index (χ1) is 7.74. The van der Waals surface area contributed by atoms with E-state index in [0.29, 0.717) is 11.3 Å². The fraction of sp³-hybridized carbons (Fsp3) is 0.0833. The highest BCUT2D eigenvalue weighted by atomic mass is 79.9. The topological polar surface area (TPSA) is 31.2 Å². The molecular formula is C12H10BrNO2. The minimum atomic E-state index is -0.116. The maximum Gasteiger partial charge on any atom is 0.266 e. The number of benzene rings is 1. The van der Waals surface area contributed by atoms with Gasteiger partial charge in [-0.3, -0.25) is 9.36 Å². The maximum absolute atomic E-state index is 12.2. The summed E-state index contributed by atoms with van der Waals surface area (Å²) in [6.07, 6.45) is 1.71. The molecule has 3 nitrogen and oxygen atoms in total. The number of halogens is 1. The summed E-state index contributed by atoms with van der Waals surface area (Å²) in [5.74, 6) is 0.461. The van der Waals surface area contributed by atoms with E-state index in [1.807, 2.05) is 18.2 Å². The second-order valence-corrected chi connectivity index (χ2v) is 4.02. The zero-order valence-electron chi connectivity index (χ0n) is 8.68. The van der Waals surface area contributed by atoms with Gasteiger partial charge in [-0.2, -0.15) is 0 Å². The number of para-hydroxylation sites is 1. The molecule has 1 aromatic heterocycles. The van der Waals surface area contributed by atoms with Crippen LogP contribution in [0.5, 0.6) is 5.75 Å². The van der Waals surface area contributed by atoms with Crippen molar-refractivity contribution in [3.63, 3.8) is 0 Å². The molecule has 1 aromatic carbocycles. The van der Waals surface area contributed by atoms with Gasteiger partial charge in [-0.15, -0.1) is 0 Å². The van der Waals surface area contributed by atoms with Crippen LogP contribution in [0.25, 0.3) is 0 Å². The minimum Gasteiger partial charge on any atom is -0.496 e. The van der Waals surface area contributed by atoms with Gasteiger partial charge in [0, 0.05) is 6.20 Å². The predicted octanol–water partition coefficient (Wildman–Crippen LogP) is 2.95. The molecule has 4 heteroatoms. The first kappa shape index (κ1) is 11.0. The first-order valence-electron chi connectivity index (χ1n) is 4.74. The molecule has 0 unspecified atom stereocenters. The Balaban J connectivity index is 2.46. The van der Waals surface area contributed by atoms with Gasteiger partial charge < -0.3 is 4.74 Å². The Labute approximate surface area is 102 Å². The third kappa shape index (κ3) is 1.88. The summed E-state index contributed by atoms with van der Waals surface area (Å²) in [6, 6.07) is 10.8. The lowest BCUT2D eigenvalue weighted by Gasteiger charge is -2.08. The van der Waals surface area contributed by atoms with Gasteiger partial charge in [0.1, 0.15) is 5.75 Å². The highest BCUT2D eigenvalue weighted by Crippen LogP contribution is 2.21. The summed E-state index contributed by atoms with van der Waals surface area (Å²) < 4.78 is 7.41. The normalized spacial score (nSPS) is 10.1. The van der Waals surface area contributed by atoms with E-state index in [9.17, 15) is 4.79 Å². The fourth-order valence-electron chi connectivity index (χ4n) is 1.48. The highest BCUT2D eigenvalue weighted by Gasteiger charge is 2.14. The summed E-state index contributed by atoms with van der Waals surface area (Å²) in [6.45, 7) is 0. The van der Waals surface area contributed by atoms with Crippen LogP contribution in [0.4, 0.5) is 0 Å². The molecule has 0 aliphatic heterocycles. The monoisotopic (exact) mass is 279 g/mol. The summed E-state index contributed by atoms with van der Waals surface area (Å²) in [4.78, 5) is 12.2. The standard InChI is InChI=1S/C12H10BrNO2/c1-16-10-6-3-2-5-9(10)12(15)14-8-4-7-11(14)13/h2-8H,1H3. The predicted molar refractivity (Wildman–Crippen MR) is 64.9 cm³/mol. The van der Waals surface area contributed by atoms with Crippen molar-refractivity contribution in [2.45, 2.75) is 0 Å². The molecule has 0 atom stereocenters. The molecule has 0 fully saturated rings. The van der Waals surface area contributed by atoms with Gasteiger partial charge in [0.25, 0.3) is 5.91 Å². The molecule has 0 spiro atoms. The molecule has 0 saturated carbocycles. The zero-order chi connectivity index (χ0) is 11.5. The van der Waals surface area contributed by atoms with Crippen molar-refractivity contribution in [3.05, 3.63) is 52.8 Å². The van der Waals surface area contributed by atoms with E-state index in [-0.39, 0.29) is 5.91 Å². The zero-order valence-corrected chi connectivity index (χ0v) is 10.3. The number of hydrogen-bond donors (Lipinski definition) is 0. The number of carbonyl (C=O) groups excluding carboxylic acids is 1. The number of nitrogens with zero attached hydrogens (tertiary/aromatic N) is 1. The summed E-state index contributed by atoms with van der Waals surface area (Å²) >= 11 is 3.31. The third-order valence-electron chi connectivity index (χ3n) is 2.26. The average molecular weight is 280 g/mol. The van der Waals surface area contributed by atoms with Crippen molar-refractivity contribution >= 4 is 21.8 Å². The lowest BCUT2D eigenvalue weighted by Crippen LogP contribution is -2.12. The molecule has 1 heterocycles. The Kier molecular flexibility index (Phi) is 3.10. The Morgan fingerprint density at radius 1 is 1.25 bits per heavy atom. The van der Waals surface area contributed by atoms with Crippen molar-refractivity contribution in [2.24, 2.45) is 0 Å². The summed E-state index contributed by atoms with van der Waals surface area (Å²) in [5.41, 5.74) is 0.543. The molecule has 2 rings (SSSR count). The van der Waals surface area contributed by atoms with Gasteiger partial charge in [0.2, 0.25) is 0 Å². The minimum absolute atomic E-state index is 0.116. The number of rotatable bonds is 2. The lowest BCUT2D eigenvalue weighted by molar-refractivity contribution is 0.0955. The SMILES string of the molecule is COc1ccccc1C(=O)n1cccc1Br. The molecule has 0 aliphatic carbocycles. The molecular weight excluding hydrogens is 270 g/mol. The van der Waals surface area contributed by atoms with Crippen molar-refractivity contribution in [3.8, 4) is 5.75 Å². The van der Waals surface area contributed by atoms with Crippen LogP contribution in [0.2, 0.25) is 0 Å². The highest BCUT2D eigenvalue weighted by molar-refractivity contribution is 9.10. The van der Waals surface area contributed by atoms with E-state index in [0.717, 1.165) is 4.60 Å². The number of methoxy groups -OCH3 is 1. The quantitative estimate of drug-likeness (QED) is 0.846. The van der Waals surface area contributed by atoms with Crippen LogP contribution < -0.4 is 4.74 Å². The molecule has 0 bridgehead atoms. The Morgan fingerprint density at radius 2 is 2.00 bits per heavy atom. The molecule has 2 aromatic rings. The number of aromatic nitrogens is 1. The largest absolute Gasteiger partial charge is 0.496 e. The Bertz CT molecular complexity index is 519. The maximum atomic E-state index is 12.2. The summed E-state index contributed by atoms with van der Waals surface area (Å²) in [7, 11) is 1.55. The van der Waals surface area contributed by atoms with Crippen LogP contribution in [-0.4, -0.2) is 17.6 Å². The first-order valence-corrected chi connectivity index (χ1v) is 5.54. The van der Waals surface area contributed by atoms with Crippen molar-refractivity contribution in [1.29, 1.82) is 0 Å². The molecule has 0 N–H and O–H groups in total. The molecule has 82 valence electrons. The van der Waals surface area contributed by atoms with Crippen LogP contribution in [-0.2, 0) is 0 Å². The van der Waals surface area contributed by atoms with Gasteiger partial charge in [0.05, 0.1) is 17.3 Å². The molecule has 16 heavy (non-hydrogen) atoms. The molecule has 0 saturated heterocycles. The number of ether oxygens (including phenoxy) is 1. The van der Waals surface area contributed by atoms with Gasteiger partial charge >= 0.3 is 0 Å². The smallest absolute Gasteiger partial charge is 0.266 e.